The number of hydrogen-bond acceptors (Lipinski definition) is 2. The van der Waals surface area contributed by atoms with Crippen molar-refractivity contribution in [3.8, 4) is 0 Å². The van der Waals surface area contributed by atoms with Crippen molar-refractivity contribution < 1.29 is 9.53 Å². The number of fused-ring (bicyclic) bond motifs is 4. The summed E-state index contributed by atoms with van der Waals surface area (Å²) in [5.41, 5.74) is 4.06. The van der Waals surface area contributed by atoms with E-state index in [2.05, 4.69) is 34.6 Å². The van der Waals surface area contributed by atoms with Crippen LogP contribution in [0.1, 0.15) is 112 Å². The third-order valence-corrected chi connectivity index (χ3v) is 11.0. The summed E-state index contributed by atoms with van der Waals surface area (Å²) in [6.45, 7) is 12.4. The highest BCUT2D eigenvalue weighted by Crippen LogP contribution is 2.71. The molecule has 30 heavy (non-hydrogen) atoms. The second-order valence-corrected chi connectivity index (χ2v) is 12.7. The van der Waals surface area contributed by atoms with Gasteiger partial charge in [0.1, 0.15) is 6.10 Å². The van der Waals surface area contributed by atoms with E-state index in [-0.39, 0.29) is 22.9 Å². The van der Waals surface area contributed by atoms with Crippen molar-refractivity contribution in [2.75, 3.05) is 0 Å². The Labute approximate surface area is 184 Å². The topological polar surface area (TPSA) is 26.3 Å². The predicted octanol–water partition coefficient (Wildman–Crippen LogP) is 7.47. The predicted molar refractivity (Wildman–Crippen MR) is 122 cm³/mol. The smallest absolute Gasteiger partial charge is 0.313 e. The van der Waals surface area contributed by atoms with Crippen LogP contribution in [-0.2, 0) is 9.53 Å². The van der Waals surface area contributed by atoms with Gasteiger partial charge in [0.15, 0.2) is 0 Å². The maximum atomic E-state index is 13.0. The molecule has 2 heteroatoms. The van der Waals surface area contributed by atoms with Crippen LogP contribution >= 0.6 is 0 Å². The average molecular weight is 413 g/mol. The Bertz CT molecular complexity index is 750. The molecule has 0 N–H and O–H groups in total. The number of rotatable bonds is 5. The first-order chi connectivity index (χ1) is 14.2. The molecule has 4 fully saturated rings. The van der Waals surface area contributed by atoms with Crippen molar-refractivity contribution in [3.05, 3.63) is 11.1 Å². The highest BCUT2D eigenvalue weighted by atomic mass is 16.6. The summed E-state index contributed by atoms with van der Waals surface area (Å²) in [4.78, 5) is 13.0. The molecular weight excluding hydrogens is 368 g/mol. The highest BCUT2D eigenvalue weighted by Gasteiger charge is 2.68. The zero-order chi connectivity index (χ0) is 21.3. The molecule has 2 bridgehead atoms. The van der Waals surface area contributed by atoms with Crippen molar-refractivity contribution >= 4 is 5.97 Å². The fraction of sp³-hybridized carbons (Fsp3) is 0.893. The van der Waals surface area contributed by atoms with E-state index in [1.807, 2.05) is 11.1 Å². The van der Waals surface area contributed by atoms with E-state index in [0.717, 1.165) is 37.0 Å². The molecule has 4 aliphatic carbocycles. The average Bonchev–Trinajstić information content (AvgIpc) is 3.18. The molecule has 5 aliphatic rings. The fourth-order valence-electron chi connectivity index (χ4n) is 9.26. The third kappa shape index (κ3) is 2.77. The molecule has 1 saturated heterocycles. The van der Waals surface area contributed by atoms with Crippen LogP contribution in [0.25, 0.3) is 0 Å². The minimum atomic E-state index is -0.166. The number of ether oxygens (including phenoxy) is 1. The summed E-state index contributed by atoms with van der Waals surface area (Å²) in [6.07, 6.45) is 15.3. The second kappa shape index (κ2) is 7.11. The summed E-state index contributed by atoms with van der Waals surface area (Å²) in [5, 5.41) is 0. The summed E-state index contributed by atoms with van der Waals surface area (Å²) in [5.74, 6) is 3.33. The highest BCUT2D eigenvalue weighted by molar-refractivity contribution is 5.81. The molecule has 0 aromatic carbocycles. The minimum absolute atomic E-state index is 0.139. The molecule has 2 nitrogen and oxygen atoms in total. The first-order valence-corrected chi connectivity index (χ1v) is 13.1. The quantitative estimate of drug-likeness (QED) is 0.346. The van der Waals surface area contributed by atoms with Gasteiger partial charge in [-0.1, -0.05) is 65.0 Å². The van der Waals surface area contributed by atoms with Gasteiger partial charge in [0.25, 0.3) is 0 Å². The monoisotopic (exact) mass is 412 g/mol. The lowest BCUT2D eigenvalue weighted by Crippen LogP contribution is -2.54. The van der Waals surface area contributed by atoms with Crippen LogP contribution in [0.4, 0.5) is 0 Å². The molecule has 0 unspecified atom stereocenters. The number of carbonyl (C=O) groups is 1. The summed E-state index contributed by atoms with van der Waals surface area (Å²) in [6, 6.07) is 0. The number of allylic oxidation sites excluding steroid dienone is 2. The van der Waals surface area contributed by atoms with Gasteiger partial charge in [-0.05, 0) is 85.9 Å². The Balaban J connectivity index is 1.42. The van der Waals surface area contributed by atoms with Crippen molar-refractivity contribution in [2.45, 2.75) is 118 Å². The molecule has 7 atom stereocenters. The molecule has 1 heterocycles. The standard InChI is InChI=1S/C28H44O2/c1-18(2)7-6-8-19(3)22-9-10-23-21-12-16-28-17-20(30-25(28)29)11-15-27(28,5)24(21)13-14-26(22,23)4/h18-20,22,24H,6-17H2,1-5H3/t19-,20+,22-,24+,26-,27-,28-/m1/s1. The van der Waals surface area contributed by atoms with Gasteiger partial charge in [-0.25, -0.2) is 0 Å². The molecule has 0 aromatic heterocycles. The molecule has 3 saturated carbocycles. The van der Waals surface area contributed by atoms with Gasteiger partial charge in [-0.3, -0.25) is 4.79 Å². The van der Waals surface area contributed by atoms with Crippen molar-refractivity contribution in [3.63, 3.8) is 0 Å². The van der Waals surface area contributed by atoms with E-state index in [1.165, 1.54) is 57.8 Å². The number of carbonyl (C=O) groups excluding carboxylic acids is 1. The van der Waals surface area contributed by atoms with Crippen molar-refractivity contribution in [1.29, 1.82) is 0 Å². The summed E-state index contributed by atoms with van der Waals surface area (Å²) >= 11 is 0. The fourth-order valence-corrected chi connectivity index (χ4v) is 9.26. The largest absolute Gasteiger partial charge is 0.462 e. The Morgan fingerprint density at radius 2 is 1.80 bits per heavy atom. The van der Waals surface area contributed by atoms with E-state index in [0.29, 0.717) is 11.3 Å². The van der Waals surface area contributed by atoms with Crippen molar-refractivity contribution in [2.24, 2.45) is 39.9 Å². The van der Waals surface area contributed by atoms with E-state index < -0.39 is 0 Å². The van der Waals surface area contributed by atoms with Crippen LogP contribution in [0, 0.1) is 39.9 Å². The zero-order valence-electron chi connectivity index (χ0n) is 20.2. The summed E-state index contributed by atoms with van der Waals surface area (Å²) in [7, 11) is 0. The number of esters is 1. The van der Waals surface area contributed by atoms with Crippen molar-refractivity contribution in [1.82, 2.24) is 0 Å². The van der Waals surface area contributed by atoms with Crippen LogP contribution in [0.15, 0.2) is 11.1 Å². The maximum Gasteiger partial charge on any atom is 0.313 e. The number of hydrogen-bond donors (Lipinski definition) is 0. The first-order valence-electron chi connectivity index (χ1n) is 13.1. The SMILES string of the molecule is CC(C)CCC[C@@H](C)[C@H]1CCC2=C3CC[C@]45C[C@H](CC[C@]4(C)[C@H]3CC[C@@]21C)OC5=O. The second-order valence-electron chi connectivity index (χ2n) is 12.7. The Morgan fingerprint density at radius 1 is 1.00 bits per heavy atom. The van der Waals surface area contributed by atoms with Crippen LogP contribution in [0.3, 0.4) is 0 Å². The molecule has 0 radical (unpaired) electrons. The Morgan fingerprint density at radius 3 is 2.57 bits per heavy atom. The van der Waals surface area contributed by atoms with Crippen LogP contribution < -0.4 is 0 Å². The van der Waals surface area contributed by atoms with E-state index in [4.69, 9.17) is 4.74 Å². The Kier molecular flexibility index (Phi) is 4.99. The van der Waals surface area contributed by atoms with E-state index >= 15 is 0 Å². The molecular formula is C28H44O2. The molecule has 5 rings (SSSR count). The van der Waals surface area contributed by atoms with Crippen LogP contribution in [0.2, 0.25) is 0 Å². The normalized spacial score (nSPS) is 45.8. The molecule has 1 aliphatic heterocycles. The maximum absolute atomic E-state index is 13.0. The molecule has 0 aromatic rings. The zero-order valence-corrected chi connectivity index (χ0v) is 20.2. The van der Waals surface area contributed by atoms with Gasteiger partial charge in [0, 0.05) is 6.42 Å². The lowest BCUT2D eigenvalue weighted by atomic mass is 9.43. The van der Waals surface area contributed by atoms with Crippen LogP contribution in [-0.4, -0.2) is 12.1 Å². The molecule has 168 valence electrons. The van der Waals surface area contributed by atoms with Gasteiger partial charge in [-0.2, -0.15) is 0 Å². The molecule has 1 spiro atoms. The van der Waals surface area contributed by atoms with Gasteiger partial charge >= 0.3 is 5.97 Å². The van der Waals surface area contributed by atoms with E-state index in [1.54, 1.807) is 0 Å². The lowest BCUT2D eigenvalue weighted by molar-refractivity contribution is -0.157. The van der Waals surface area contributed by atoms with Gasteiger partial charge < -0.3 is 4.74 Å². The lowest BCUT2D eigenvalue weighted by Gasteiger charge is -2.58. The third-order valence-electron chi connectivity index (χ3n) is 11.0. The van der Waals surface area contributed by atoms with Gasteiger partial charge in [-0.15, -0.1) is 0 Å². The Hall–Kier alpha value is -0.790. The van der Waals surface area contributed by atoms with Crippen LogP contribution in [0.5, 0.6) is 0 Å². The summed E-state index contributed by atoms with van der Waals surface area (Å²) < 4.78 is 5.84. The van der Waals surface area contributed by atoms with Gasteiger partial charge in [0.05, 0.1) is 5.41 Å². The van der Waals surface area contributed by atoms with Gasteiger partial charge in [0.2, 0.25) is 0 Å². The van der Waals surface area contributed by atoms with E-state index in [9.17, 15) is 4.79 Å². The first kappa shape index (κ1) is 21.1. The molecule has 0 amide bonds. The minimum Gasteiger partial charge on any atom is -0.462 e.